The molecule has 3 aliphatic rings. The smallest absolute Gasteiger partial charge is 0.308 e. The Labute approximate surface area is 204 Å². The van der Waals surface area contributed by atoms with Crippen molar-refractivity contribution in [2.75, 3.05) is 5.32 Å². The summed E-state index contributed by atoms with van der Waals surface area (Å²) >= 11 is 8.96. The minimum atomic E-state index is -0.252. The fourth-order valence-corrected chi connectivity index (χ4v) is 9.28. The van der Waals surface area contributed by atoms with E-state index in [1.807, 2.05) is 12.1 Å². The minimum Gasteiger partial charge on any atom is -0.325 e. The van der Waals surface area contributed by atoms with Crippen LogP contribution in [0, 0.1) is 23.6 Å². The predicted molar refractivity (Wildman–Crippen MR) is 131 cm³/mol. The molecular weight excluding hydrogens is 479 g/mol. The van der Waals surface area contributed by atoms with Crippen molar-refractivity contribution in [3.8, 4) is 0 Å². The standard InChI is InChI=1S/C25H22ClFN2O2S2/c26-16-5-9-18(10-6-16)28-19(30)12-29-24-23(33-25(29)31)20(13-3-7-17(27)8-4-13)21-14-1-2-15(11-14)22(21)32-24/h3-10,14-15,20-22H,1-2,11-12H2,(H,28,30)/t14?,15?,20-,21?,22?/m1/s1. The van der Waals surface area contributed by atoms with E-state index in [1.54, 1.807) is 40.6 Å². The molecule has 2 aliphatic carbocycles. The Bertz CT molecular complexity index is 1270. The van der Waals surface area contributed by atoms with Gasteiger partial charge in [-0.25, -0.2) is 4.39 Å². The van der Waals surface area contributed by atoms with Crippen molar-refractivity contribution >= 4 is 46.3 Å². The molecule has 170 valence electrons. The van der Waals surface area contributed by atoms with Crippen LogP contribution in [0.15, 0.2) is 58.4 Å². The Kier molecular flexibility index (Phi) is 5.39. The van der Waals surface area contributed by atoms with Crippen molar-refractivity contribution in [1.82, 2.24) is 4.57 Å². The maximum Gasteiger partial charge on any atom is 0.308 e. The highest BCUT2D eigenvalue weighted by atomic mass is 35.5. The first-order valence-corrected chi connectivity index (χ1v) is 13.3. The van der Waals surface area contributed by atoms with Crippen molar-refractivity contribution in [3.05, 3.63) is 79.5 Å². The number of halogens is 2. The van der Waals surface area contributed by atoms with Crippen LogP contribution in [0.5, 0.6) is 0 Å². The van der Waals surface area contributed by atoms with Crippen molar-refractivity contribution < 1.29 is 9.18 Å². The lowest BCUT2D eigenvalue weighted by molar-refractivity contribution is -0.116. The molecule has 0 saturated heterocycles. The summed E-state index contributed by atoms with van der Waals surface area (Å²) in [7, 11) is 0. The van der Waals surface area contributed by atoms with E-state index in [1.165, 1.54) is 42.7 Å². The third kappa shape index (κ3) is 3.74. The van der Waals surface area contributed by atoms with E-state index in [2.05, 4.69) is 5.32 Å². The molecule has 1 N–H and O–H groups in total. The van der Waals surface area contributed by atoms with E-state index in [0.29, 0.717) is 33.7 Å². The summed E-state index contributed by atoms with van der Waals surface area (Å²) in [5.74, 6) is 1.34. The van der Waals surface area contributed by atoms with Crippen molar-refractivity contribution in [1.29, 1.82) is 0 Å². The minimum absolute atomic E-state index is 0.0259. The van der Waals surface area contributed by atoms with Gasteiger partial charge >= 0.3 is 4.87 Å². The number of thioether (sulfide) groups is 1. The number of nitrogens with one attached hydrogen (secondary N) is 1. The molecule has 1 aromatic heterocycles. The molecule has 5 atom stereocenters. The Morgan fingerprint density at radius 2 is 1.82 bits per heavy atom. The number of aromatic nitrogens is 1. The average molecular weight is 501 g/mol. The molecule has 0 radical (unpaired) electrons. The van der Waals surface area contributed by atoms with Crippen molar-refractivity contribution in [2.24, 2.45) is 17.8 Å². The normalized spacial score (nSPS) is 27.3. The van der Waals surface area contributed by atoms with E-state index < -0.39 is 0 Å². The number of amides is 1. The monoisotopic (exact) mass is 500 g/mol. The summed E-state index contributed by atoms with van der Waals surface area (Å²) in [5.41, 5.74) is 1.71. The summed E-state index contributed by atoms with van der Waals surface area (Å²) in [6.45, 7) is -0.0259. The molecule has 6 rings (SSSR count). The number of carbonyl (C=O) groups is 1. The van der Waals surface area contributed by atoms with Gasteiger partial charge in [0.25, 0.3) is 0 Å². The SMILES string of the molecule is O=C(Cn1c2c(sc1=O)[C@H](c1ccc(F)cc1)C1C3CCC(C3)C1S2)Nc1ccc(Cl)cc1. The fourth-order valence-electron chi connectivity index (χ4n) is 6.01. The van der Waals surface area contributed by atoms with Gasteiger partial charge in [0.1, 0.15) is 12.4 Å². The van der Waals surface area contributed by atoms with Crippen LogP contribution < -0.4 is 10.2 Å². The summed E-state index contributed by atoms with van der Waals surface area (Å²) < 4.78 is 15.3. The average Bonchev–Trinajstić information content (AvgIpc) is 3.49. The van der Waals surface area contributed by atoms with Crippen LogP contribution >= 0.6 is 34.7 Å². The van der Waals surface area contributed by atoms with Gasteiger partial charge in [0.15, 0.2) is 0 Å². The van der Waals surface area contributed by atoms with Gasteiger partial charge in [0.2, 0.25) is 5.91 Å². The van der Waals surface area contributed by atoms with Gasteiger partial charge in [-0.2, -0.15) is 0 Å². The molecule has 1 amide bonds. The number of carbonyl (C=O) groups excluding carboxylic acids is 1. The number of nitrogens with zero attached hydrogens (tertiary/aromatic N) is 1. The number of hydrogen-bond donors (Lipinski definition) is 1. The van der Waals surface area contributed by atoms with Gasteiger partial charge in [0, 0.05) is 26.8 Å². The fraction of sp³-hybridized carbons (Fsp3) is 0.360. The van der Waals surface area contributed by atoms with E-state index in [-0.39, 0.29) is 29.1 Å². The van der Waals surface area contributed by atoms with Gasteiger partial charge < -0.3 is 5.32 Å². The molecule has 33 heavy (non-hydrogen) atoms. The molecule has 1 aliphatic heterocycles. The molecule has 4 unspecified atom stereocenters. The van der Waals surface area contributed by atoms with E-state index in [4.69, 9.17) is 11.6 Å². The van der Waals surface area contributed by atoms with Gasteiger partial charge in [-0.05, 0) is 79.0 Å². The zero-order valence-electron chi connectivity index (χ0n) is 17.7. The summed E-state index contributed by atoms with van der Waals surface area (Å²) in [6.07, 6.45) is 3.70. The zero-order valence-corrected chi connectivity index (χ0v) is 20.1. The maximum atomic E-state index is 13.7. The molecule has 0 spiro atoms. The van der Waals surface area contributed by atoms with Gasteiger partial charge in [-0.1, -0.05) is 35.1 Å². The summed E-state index contributed by atoms with van der Waals surface area (Å²) in [5, 5.41) is 4.81. The quantitative estimate of drug-likeness (QED) is 0.478. The number of thiazole rings is 1. The Morgan fingerprint density at radius 1 is 1.09 bits per heavy atom. The highest BCUT2D eigenvalue weighted by Gasteiger charge is 2.55. The Morgan fingerprint density at radius 3 is 2.58 bits per heavy atom. The first-order valence-electron chi connectivity index (χ1n) is 11.2. The van der Waals surface area contributed by atoms with Crippen LogP contribution in [-0.4, -0.2) is 15.7 Å². The Hall–Kier alpha value is -2.09. The molecule has 2 saturated carbocycles. The van der Waals surface area contributed by atoms with Gasteiger partial charge in [0.05, 0.1) is 5.03 Å². The highest BCUT2D eigenvalue weighted by molar-refractivity contribution is 8.00. The van der Waals surface area contributed by atoms with Crippen molar-refractivity contribution in [3.63, 3.8) is 0 Å². The van der Waals surface area contributed by atoms with Crippen LogP contribution in [0.3, 0.4) is 0 Å². The molecule has 2 heterocycles. The number of anilines is 1. The first kappa shape index (κ1) is 21.4. The lowest BCUT2D eigenvalue weighted by Crippen LogP contribution is -2.34. The number of hydrogen-bond acceptors (Lipinski definition) is 4. The molecule has 4 nitrogen and oxygen atoms in total. The van der Waals surface area contributed by atoms with E-state index >= 15 is 0 Å². The molecule has 2 aromatic carbocycles. The van der Waals surface area contributed by atoms with Gasteiger partial charge in [-0.15, -0.1) is 11.8 Å². The van der Waals surface area contributed by atoms with E-state index in [9.17, 15) is 14.0 Å². The maximum absolute atomic E-state index is 13.7. The Balaban J connectivity index is 1.36. The molecule has 2 bridgehead atoms. The largest absolute Gasteiger partial charge is 0.325 e. The second-order valence-electron chi connectivity index (χ2n) is 9.20. The van der Waals surface area contributed by atoms with E-state index in [0.717, 1.165) is 15.5 Å². The molecule has 3 aromatic rings. The number of rotatable bonds is 4. The molecule has 8 heteroatoms. The second kappa shape index (κ2) is 8.29. The summed E-state index contributed by atoms with van der Waals surface area (Å²) in [6, 6.07) is 13.7. The second-order valence-corrected chi connectivity index (χ2v) is 11.8. The zero-order chi connectivity index (χ0) is 22.7. The number of fused-ring (bicyclic) bond motifs is 6. The van der Waals surface area contributed by atoms with Crippen LogP contribution in [0.25, 0.3) is 0 Å². The van der Waals surface area contributed by atoms with Crippen LogP contribution in [0.1, 0.15) is 35.6 Å². The van der Waals surface area contributed by atoms with Gasteiger partial charge in [-0.3, -0.25) is 14.2 Å². The topological polar surface area (TPSA) is 51.1 Å². The summed E-state index contributed by atoms with van der Waals surface area (Å²) in [4.78, 5) is 26.8. The third-order valence-corrected chi connectivity index (χ3v) is 10.4. The molecular formula is C25H22ClFN2O2S2. The van der Waals surface area contributed by atoms with Crippen LogP contribution in [0.2, 0.25) is 5.02 Å². The number of benzene rings is 2. The third-order valence-electron chi connectivity index (χ3n) is 7.35. The predicted octanol–water partition coefficient (Wildman–Crippen LogP) is 5.99. The van der Waals surface area contributed by atoms with Crippen LogP contribution in [0.4, 0.5) is 10.1 Å². The highest BCUT2D eigenvalue weighted by Crippen LogP contribution is 2.64. The molecule has 2 fully saturated rings. The first-order chi connectivity index (χ1) is 16.0. The van der Waals surface area contributed by atoms with Crippen LogP contribution in [-0.2, 0) is 11.3 Å². The lowest BCUT2D eigenvalue weighted by Gasteiger charge is -2.40. The van der Waals surface area contributed by atoms with Crippen molar-refractivity contribution in [2.45, 2.75) is 42.0 Å². The lowest BCUT2D eigenvalue weighted by atomic mass is 9.75.